The maximum absolute atomic E-state index is 6.90. The van der Waals surface area contributed by atoms with Crippen LogP contribution < -0.4 is 0 Å². The van der Waals surface area contributed by atoms with E-state index in [4.69, 9.17) is 19.4 Å². The molecule has 0 aliphatic heterocycles. The van der Waals surface area contributed by atoms with Crippen molar-refractivity contribution in [2.75, 3.05) is 0 Å². The fraction of sp³-hybridized carbons (Fsp3) is 0.0469. The van der Waals surface area contributed by atoms with Gasteiger partial charge in [0.25, 0.3) is 0 Å². The molecule has 0 saturated heterocycles. The number of thiophene rings is 1. The third kappa shape index (κ3) is 4.97. The first-order chi connectivity index (χ1) is 34.5. The zero-order chi connectivity index (χ0) is 46.0. The molecule has 0 radical (unpaired) electrons. The topological polar surface area (TPSA) is 56.2 Å². The Labute approximate surface area is 404 Å². The van der Waals surface area contributed by atoms with E-state index in [1.807, 2.05) is 0 Å². The second kappa shape index (κ2) is 13.7. The van der Waals surface area contributed by atoms with Crippen molar-refractivity contribution in [3.05, 3.63) is 205 Å². The van der Waals surface area contributed by atoms with Gasteiger partial charge in [-0.3, -0.25) is 0 Å². The Hall–Kier alpha value is -8.71. The van der Waals surface area contributed by atoms with Crippen LogP contribution in [0.4, 0.5) is 0 Å². The zero-order valence-corrected chi connectivity index (χ0v) is 38.9. The second-order valence-corrected chi connectivity index (χ2v) is 20.4. The molecule has 70 heavy (non-hydrogen) atoms. The molecule has 15 aromatic rings. The van der Waals surface area contributed by atoms with Crippen molar-refractivity contribution < 1.29 is 4.42 Å². The summed E-state index contributed by atoms with van der Waals surface area (Å²) >= 11 is 1.80. The number of aromatic nitrogens is 4. The molecular weight excluding hydrogens is 873 g/mol. The third-order valence-corrected chi connectivity index (χ3v) is 16.6. The van der Waals surface area contributed by atoms with Crippen molar-refractivity contribution in [1.82, 2.24) is 19.4 Å². The first kappa shape index (κ1) is 38.3. The van der Waals surface area contributed by atoms with E-state index >= 15 is 0 Å². The van der Waals surface area contributed by atoms with Gasteiger partial charge in [-0.1, -0.05) is 172 Å². The van der Waals surface area contributed by atoms with Crippen molar-refractivity contribution in [2.24, 2.45) is 0 Å². The van der Waals surface area contributed by atoms with Crippen molar-refractivity contribution in [2.45, 2.75) is 19.3 Å². The average molecular weight is 911 g/mol. The molecule has 0 fully saturated rings. The number of hydrogen-bond donors (Lipinski definition) is 0. The molecule has 0 unspecified atom stereocenters. The summed E-state index contributed by atoms with van der Waals surface area (Å²) in [5, 5.41) is 11.7. The van der Waals surface area contributed by atoms with E-state index in [1.165, 1.54) is 80.5 Å². The Morgan fingerprint density at radius 2 is 0.957 bits per heavy atom. The van der Waals surface area contributed by atoms with E-state index in [0.717, 1.165) is 60.5 Å². The van der Waals surface area contributed by atoms with E-state index in [2.05, 4.69) is 212 Å². The fourth-order valence-electron chi connectivity index (χ4n) is 12.5. The van der Waals surface area contributed by atoms with Gasteiger partial charge in [0.05, 0.1) is 21.9 Å². The van der Waals surface area contributed by atoms with Crippen LogP contribution in [0, 0.1) is 0 Å². The average Bonchev–Trinajstić information content (AvgIpc) is 4.13. The van der Waals surface area contributed by atoms with Crippen LogP contribution in [-0.2, 0) is 5.41 Å². The Kier molecular flexibility index (Phi) is 7.50. The van der Waals surface area contributed by atoms with Gasteiger partial charge >= 0.3 is 0 Å². The van der Waals surface area contributed by atoms with Crippen molar-refractivity contribution in [3.8, 4) is 56.4 Å². The van der Waals surface area contributed by atoms with E-state index in [9.17, 15) is 0 Å². The lowest BCUT2D eigenvalue weighted by Crippen LogP contribution is -2.17. The normalized spacial score (nSPS) is 13.4. The highest BCUT2D eigenvalue weighted by Crippen LogP contribution is 2.53. The maximum atomic E-state index is 6.90. The lowest BCUT2D eigenvalue weighted by molar-refractivity contribution is 0.661. The smallest absolute Gasteiger partial charge is 0.165 e. The van der Waals surface area contributed by atoms with Gasteiger partial charge in [-0.25, -0.2) is 15.0 Å². The van der Waals surface area contributed by atoms with Gasteiger partial charge in [0.2, 0.25) is 0 Å². The van der Waals surface area contributed by atoms with E-state index in [1.54, 1.807) is 11.3 Å². The summed E-state index contributed by atoms with van der Waals surface area (Å²) in [5.41, 5.74) is 15.2. The molecule has 0 spiro atoms. The molecule has 5 aromatic heterocycles. The molecule has 0 saturated carbocycles. The Morgan fingerprint density at radius 1 is 0.400 bits per heavy atom. The number of hydrogen-bond acceptors (Lipinski definition) is 5. The summed E-state index contributed by atoms with van der Waals surface area (Å²) in [4.78, 5) is 16.5. The lowest BCUT2D eigenvalue weighted by Gasteiger charge is -2.24. The predicted molar refractivity (Wildman–Crippen MR) is 291 cm³/mol. The Morgan fingerprint density at radius 3 is 1.80 bits per heavy atom. The standard InChI is InChI=1S/C64H38N4OS/c1-64(2)49-29-7-3-16-38(49)42-24-13-27-46(58(42)64)62-65-61(66-63(67-62)47-28-14-25-43-40-18-6-10-33-54(40)70-60(43)47)44-26-12-20-35-36(44)21-11-22-37(35)48-34-53-57-56-41(23-15-32-52(56)69-53)39-17-4-8-30-50(39)68-51-31-9-5-19-45(51)55(48)59(57)68/h3-34H,1-2H3. The lowest BCUT2D eigenvalue weighted by atomic mass is 9.80. The molecule has 6 heteroatoms. The highest BCUT2D eigenvalue weighted by Gasteiger charge is 2.38. The molecule has 1 aliphatic carbocycles. The number of fused-ring (bicyclic) bond motifs is 13. The number of rotatable bonds is 4. The van der Waals surface area contributed by atoms with Gasteiger partial charge in [0, 0.05) is 63.8 Å². The van der Waals surface area contributed by atoms with Crippen LogP contribution in [0.25, 0.3) is 147 Å². The van der Waals surface area contributed by atoms with Crippen LogP contribution in [0.3, 0.4) is 0 Å². The monoisotopic (exact) mass is 910 g/mol. The summed E-state index contributed by atoms with van der Waals surface area (Å²) < 4.78 is 11.8. The number of nitrogens with zero attached hydrogens (tertiary/aromatic N) is 4. The van der Waals surface area contributed by atoms with Gasteiger partial charge < -0.3 is 8.82 Å². The minimum Gasteiger partial charge on any atom is -0.456 e. The number of benzene rings is 10. The number of para-hydroxylation sites is 2. The maximum Gasteiger partial charge on any atom is 0.165 e. The van der Waals surface area contributed by atoms with Gasteiger partial charge in [-0.05, 0) is 85.9 Å². The number of furan rings is 1. The van der Waals surface area contributed by atoms with Gasteiger partial charge in [0.1, 0.15) is 11.2 Å². The molecular formula is C64H38N4OS. The van der Waals surface area contributed by atoms with E-state index in [0.29, 0.717) is 17.5 Å². The predicted octanol–water partition coefficient (Wildman–Crippen LogP) is 17.4. The van der Waals surface area contributed by atoms with Gasteiger partial charge in [-0.2, -0.15) is 0 Å². The largest absolute Gasteiger partial charge is 0.456 e. The summed E-state index contributed by atoms with van der Waals surface area (Å²) in [6.07, 6.45) is 0. The molecule has 5 nitrogen and oxygen atoms in total. The Bertz CT molecular complexity index is 4760. The van der Waals surface area contributed by atoms with Crippen molar-refractivity contribution in [3.63, 3.8) is 0 Å². The van der Waals surface area contributed by atoms with Crippen molar-refractivity contribution >= 4 is 102 Å². The molecule has 0 amide bonds. The molecule has 0 N–H and O–H groups in total. The first-order valence-electron chi connectivity index (χ1n) is 23.9. The quantitative estimate of drug-likeness (QED) is 0.177. The van der Waals surface area contributed by atoms with Crippen LogP contribution in [0.1, 0.15) is 25.0 Å². The summed E-state index contributed by atoms with van der Waals surface area (Å²) in [6.45, 7) is 4.65. The molecule has 0 atom stereocenters. The van der Waals surface area contributed by atoms with Crippen LogP contribution >= 0.6 is 11.3 Å². The van der Waals surface area contributed by atoms with Crippen LogP contribution in [-0.4, -0.2) is 19.4 Å². The third-order valence-electron chi connectivity index (χ3n) is 15.4. The van der Waals surface area contributed by atoms with E-state index in [-0.39, 0.29) is 5.41 Å². The zero-order valence-electron chi connectivity index (χ0n) is 38.1. The summed E-state index contributed by atoms with van der Waals surface area (Å²) in [6, 6.07) is 70.2. The van der Waals surface area contributed by atoms with Crippen LogP contribution in [0.2, 0.25) is 0 Å². The minimum atomic E-state index is -0.270. The van der Waals surface area contributed by atoms with E-state index < -0.39 is 0 Å². The molecule has 16 rings (SSSR count). The SMILES string of the molecule is CC1(C)c2ccccc2-c2cccc(-c3nc(-c4cccc5c(-c6cc7oc8cccc9c%10ccccc%10n%10c%11ccccc%11c6c%10c7c89)cccc45)nc(-c4cccc5c4sc4ccccc45)n3)c21. The molecule has 10 aromatic carbocycles. The molecule has 0 bridgehead atoms. The van der Waals surface area contributed by atoms with Crippen LogP contribution in [0.5, 0.6) is 0 Å². The molecule has 1 aliphatic rings. The highest BCUT2D eigenvalue weighted by molar-refractivity contribution is 7.26. The minimum absolute atomic E-state index is 0.270. The molecule has 5 heterocycles. The molecule has 326 valence electrons. The van der Waals surface area contributed by atoms with Gasteiger partial charge in [-0.15, -0.1) is 11.3 Å². The van der Waals surface area contributed by atoms with Crippen molar-refractivity contribution in [1.29, 1.82) is 0 Å². The highest BCUT2D eigenvalue weighted by atomic mass is 32.1. The second-order valence-electron chi connectivity index (χ2n) is 19.4. The van der Waals surface area contributed by atoms with Gasteiger partial charge in [0.15, 0.2) is 17.5 Å². The summed E-state index contributed by atoms with van der Waals surface area (Å²) in [5.74, 6) is 1.96. The first-order valence-corrected chi connectivity index (χ1v) is 24.8. The Balaban J connectivity index is 0.983. The summed E-state index contributed by atoms with van der Waals surface area (Å²) in [7, 11) is 0. The fourth-order valence-corrected chi connectivity index (χ4v) is 13.7. The van der Waals surface area contributed by atoms with Crippen LogP contribution in [0.15, 0.2) is 199 Å².